The molecule has 148 valence electrons. The van der Waals surface area contributed by atoms with Crippen molar-refractivity contribution in [3.8, 4) is 5.75 Å². The van der Waals surface area contributed by atoms with Crippen molar-refractivity contribution < 1.29 is 23.8 Å². The van der Waals surface area contributed by atoms with Crippen LogP contribution in [0.1, 0.15) is 35.3 Å². The maximum atomic E-state index is 12.6. The smallest absolute Gasteiger partial charge is 0.338 e. The summed E-state index contributed by atoms with van der Waals surface area (Å²) >= 11 is 0. The van der Waals surface area contributed by atoms with Crippen LogP contribution in [0, 0.1) is 6.92 Å². The van der Waals surface area contributed by atoms with Gasteiger partial charge in [0.1, 0.15) is 25.6 Å². The summed E-state index contributed by atoms with van der Waals surface area (Å²) in [7, 11) is 0. The lowest BCUT2D eigenvalue weighted by atomic mass is 9.84. The van der Waals surface area contributed by atoms with E-state index in [-0.39, 0.29) is 19.8 Å². The van der Waals surface area contributed by atoms with Crippen LogP contribution in [-0.4, -0.2) is 31.8 Å². The molecule has 0 aliphatic rings. The first-order chi connectivity index (χ1) is 13.3. The number of aryl methyl sites for hydroxylation is 1. The monoisotopic (exact) mass is 382 g/mol. The fourth-order valence-corrected chi connectivity index (χ4v) is 2.48. The van der Waals surface area contributed by atoms with Crippen LogP contribution in [0.15, 0.2) is 61.2 Å². The average Bonchev–Trinajstić information content (AvgIpc) is 2.70. The molecule has 0 aromatic heterocycles. The van der Waals surface area contributed by atoms with E-state index in [1.165, 1.54) is 6.08 Å². The molecular formula is C23H26O5. The highest BCUT2D eigenvalue weighted by molar-refractivity contribution is 5.90. The van der Waals surface area contributed by atoms with Crippen LogP contribution in [-0.2, 0) is 19.7 Å². The minimum Gasteiger partial charge on any atom is -0.490 e. The highest BCUT2D eigenvalue weighted by Gasteiger charge is 2.32. The topological polar surface area (TPSA) is 61.8 Å². The minimum absolute atomic E-state index is 0.134. The van der Waals surface area contributed by atoms with Gasteiger partial charge in [0.25, 0.3) is 0 Å². The van der Waals surface area contributed by atoms with Crippen molar-refractivity contribution in [3.05, 3.63) is 77.9 Å². The maximum Gasteiger partial charge on any atom is 0.338 e. The standard InChI is InChI=1S/C23H26O5/c1-5-13-27-21(24)18-7-6-8-19(16-18)23(3,4)22(25)28-15-14-26-20-11-9-17(2)10-12-20/h5-12,16H,1,13-15H2,2-4H3. The first-order valence-corrected chi connectivity index (χ1v) is 9.10. The largest absolute Gasteiger partial charge is 0.490 e. The van der Waals surface area contributed by atoms with Crippen LogP contribution in [0.25, 0.3) is 0 Å². The second kappa shape index (κ2) is 9.74. The Labute approximate surface area is 165 Å². The summed E-state index contributed by atoms with van der Waals surface area (Å²) < 4.78 is 16.0. The van der Waals surface area contributed by atoms with Crippen LogP contribution >= 0.6 is 0 Å². The lowest BCUT2D eigenvalue weighted by Crippen LogP contribution is -2.32. The molecular weight excluding hydrogens is 356 g/mol. The Morgan fingerprint density at radius 2 is 1.75 bits per heavy atom. The van der Waals surface area contributed by atoms with Crippen LogP contribution in [0.4, 0.5) is 0 Å². The second-order valence-electron chi connectivity index (χ2n) is 6.89. The molecule has 0 saturated carbocycles. The molecule has 0 unspecified atom stereocenters. The summed E-state index contributed by atoms with van der Waals surface area (Å²) in [5, 5.41) is 0. The van der Waals surface area contributed by atoms with E-state index in [1.807, 2.05) is 31.2 Å². The van der Waals surface area contributed by atoms with Gasteiger partial charge in [-0.05, 0) is 50.6 Å². The average molecular weight is 382 g/mol. The van der Waals surface area contributed by atoms with Gasteiger partial charge in [-0.3, -0.25) is 4.79 Å². The van der Waals surface area contributed by atoms with E-state index in [2.05, 4.69) is 6.58 Å². The number of esters is 2. The molecule has 0 heterocycles. The van der Waals surface area contributed by atoms with Crippen molar-refractivity contribution in [2.24, 2.45) is 0 Å². The molecule has 28 heavy (non-hydrogen) atoms. The molecule has 0 N–H and O–H groups in total. The molecule has 5 nitrogen and oxygen atoms in total. The molecule has 2 rings (SSSR count). The minimum atomic E-state index is -0.918. The van der Waals surface area contributed by atoms with Gasteiger partial charge in [0.2, 0.25) is 0 Å². The van der Waals surface area contributed by atoms with Gasteiger partial charge in [-0.15, -0.1) is 0 Å². The number of hydrogen-bond donors (Lipinski definition) is 0. The third kappa shape index (κ3) is 5.71. The van der Waals surface area contributed by atoms with Gasteiger partial charge in [-0.2, -0.15) is 0 Å². The van der Waals surface area contributed by atoms with Gasteiger partial charge in [0, 0.05) is 0 Å². The molecule has 0 fully saturated rings. The van der Waals surface area contributed by atoms with Gasteiger partial charge in [-0.25, -0.2) is 4.79 Å². The van der Waals surface area contributed by atoms with E-state index in [1.54, 1.807) is 38.1 Å². The summed E-state index contributed by atoms with van der Waals surface area (Å²) in [5.74, 6) is -0.124. The number of ether oxygens (including phenoxy) is 3. The predicted molar refractivity (Wildman–Crippen MR) is 108 cm³/mol. The Bertz CT molecular complexity index is 821. The lowest BCUT2D eigenvalue weighted by Gasteiger charge is -2.23. The quantitative estimate of drug-likeness (QED) is 0.369. The summed E-state index contributed by atoms with van der Waals surface area (Å²) in [5.41, 5.74) is 1.28. The molecule has 0 aliphatic heterocycles. The Morgan fingerprint density at radius 1 is 1.04 bits per heavy atom. The van der Waals surface area contributed by atoms with Crippen molar-refractivity contribution in [1.82, 2.24) is 0 Å². The van der Waals surface area contributed by atoms with E-state index in [9.17, 15) is 9.59 Å². The fraction of sp³-hybridized carbons (Fsp3) is 0.304. The molecule has 2 aromatic carbocycles. The Kier molecular flexibility index (Phi) is 7.38. The normalized spacial score (nSPS) is 10.8. The fourth-order valence-electron chi connectivity index (χ4n) is 2.48. The zero-order chi connectivity index (χ0) is 20.6. The van der Waals surface area contributed by atoms with Crippen molar-refractivity contribution in [3.63, 3.8) is 0 Å². The molecule has 0 radical (unpaired) electrons. The number of carbonyl (C=O) groups is 2. The molecule has 0 aliphatic carbocycles. The Hall–Kier alpha value is -3.08. The summed E-state index contributed by atoms with van der Waals surface area (Å²) in [6.45, 7) is 9.56. The van der Waals surface area contributed by atoms with E-state index in [0.29, 0.717) is 11.1 Å². The molecule has 0 saturated heterocycles. The maximum absolute atomic E-state index is 12.6. The van der Waals surface area contributed by atoms with Gasteiger partial charge in [0.15, 0.2) is 0 Å². The van der Waals surface area contributed by atoms with Gasteiger partial charge >= 0.3 is 11.9 Å². The third-order valence-corrected chi connectivity index (χ3v) is 4.27. The van der Waals surface area contributed by atoms with Crippen LogP contribution in [0.5, 0.6) is 5.75 Å². The molecule has 0 bridgehead atoms. The van der Waals surface area contributed by atoms with E-state index >= 15 is 0 Å². The van der Waals surface area contributed by atoms with Gasteiger partial charge < -0.3 is 14.2 Å². The second-order valence-corrected chi connectivity index (χ2v) is 6.89. The molecule has 0 spiro atoms. The van der Waals surface area contributed by atoms with Crippen LogP contribution in [0.3, 0.4) is 0 Å². The SMILES string of the molecule is C=CCOC(=O)c1cccc(C(C)(C)C(=O)OCCOc2ccc(C)cc2)c1. The highest BCUT2D eigenvalue weighted by atomic mass is 16.6. The zero-order valence-corrected chi connectivity index (χ0v) is 16.6. The van der Waals surface area contributed by atoms with Crippen molar-refractivity contribution in [2.45, 2.75) is 26.2 Å². The number of benzene rings is 2. The van der Waals surface area contributed by atoms with Crippen LogP contribution in [0.2, 0.25) is 0 Å². The molecule has 5 heteroatoms. The van der Waals surface area contributed by atoms with E-state index < -0.39 is 17.4 Å². The van der Waals surface area contributed by atoms with Gasteiger partial charge in [-0.1, -0.05) is 42.5 Å². The molecule has 0 atom stereocenters. The summed E-state index contributed by atoms with van der Waals surface area (Å²) in [4.78, 5) is 24.6. The summed E-state index contributed by atoms with van der Waals surface area (Å²) in [6.07, 6.45) is 1.50. The van der Waals surface area contributed by atoms with Gasteiger partial charge in [0.05, 0.1) is 11.0 Å². The number of carbonyl (C=O) groups excluding carboxylic acids is 2. The number of rotatable bonds is 9. The Balaban J connectivity index is 1.93. The summed E-state index contributed by atoms with van der Waals surface area (Å²) in [6, 6.07) is 14.5. The highest BCUT2D eigenvalue weighted by Crippen LogP contribution is 2.26. The van der Waals surface area contributed by atoms with Crippen molar-refractivity contribution in [2.75, 3.05) is 19.8 Å². The first-order valence-electron chi connectivity index (χ1n) is 9.10. The van der Waals surface area contributed by atoms with E-state index in [4.69, 9.17) is 14.2 Å². The Morgan fingerprint density at radius 3 is 2.43 bits per heavy atom. The van der Waals surface area contributed by atoms with E-state index in [0.717, 1.165) is 11.3 Å². The lowest BCUT2D eigenvalue weighted by molar-refractivity contribution is -0.150. The molecule has 2 aromatic rings. The number of hydrogen-bond acceptors (Lipinski definition) is 5. The van der Waals surface area contributed by atoms with Crippen molar-refractivity contribution >= 4 is 11.9 Å². The third-order valence-electron chi connectivity index (χ3n) is 4.27. The first kappa shape index (κ1) is 21.2. The van der Waals surface area contributed by atoms with Crippen LogP contribution < -0.4 is 4.74 Å². The van der Waals surface area contributed by atoms with Crippen molar-refractivity contribution in [1.29, 1.82) is 0 Å². The molecule has 0 amide bonds. The zero-order valence-electron chi connectivity index (χ0n) is 16.6. The predicted octanol–water partition coefficient (Wildman–Crippen LogP) is 4.24.